The number of amides is 2. The average Bonchev–Trinajstić information content (AvgIpc) is 2.82. The van der Waals surface area contributed by atoms with E-state index in [9.17, 15) is 19.7 Å². The van der Waals surface area contributed by atoms with E-state index in [0.29, 0.717) is 0 Å². The molecule has 10 heteroatoms. The molecule has 0 aromatic heterocycles. The van der Waals surface area contributed by atoms with E-state index < -0.39 is 16.7 Å². The highest BCUT2D eigenvalue weighted by molar-refractivity contribution is 6.56. The summed E-state index contributed by atoms with van der Waals surface area (Å²) in [5.41, 5.74) is -0.646. The van der Waals surface area contributed by atoms with Crippen molar-refractivity contribution in [3.8, 4) is 0 Å². The summed E-state index contributed by atoms with van der Waals surface area (Å²) >= 11 is 23.9. The molecule has 3 rings (SSSR count). The molecule has 0 radical (unpaired) electrons. The van der Waals surface area contributed by atoms with E-state index >= 15 is 0 Å². The largest absolute Gasteiger partial charge is 0.271 e. The maximum atomic E-state index is 12.6. The van der Waals surface area contributed by atoms with E-state index in [2.05, 4.69) is 0 Å². The van der Waals surface area contributed by atoms with E-state index in [0.717, 1.165) is 11.0 Å². The molecule has 1 aliphatic heterocycles. The van der Waals surface area contributed by atoms with E-state index in [1.165, 1.54) is 18.2 Å². The molecule has 0 bridgehead atoms. The van der Waals surface area contributed by atoms with Crippen LogP contribution in [0.1, 0.15) is 20.7 Å². The number of nitro groups is 1. The zero-order valence-corrected chi connectivity index (χ0v) is 14.4. The van der Waals surface area contributed by atoms with Gasteiger partial charge in [0.05, 0.1) is 41.8 Å². The molecule has 0 spiro atoms. The molecule has 1 aliphatic rings. The minimum absolute atomic E-state index is 0.00905. The number of rotatable bonds is 2. The van der Waals surface area contributed by atoms with Crippen molar-refractivity contribution in [2.24, 2.45) is 0 Å². The molecular formula is C14H4Cl4N2O4. The Kier molecular flexibility index (Phi) is 4.17. The van der Waals surface area contributed by atoms with Crippen LogP contribution in [0.2, 0.25) is 20.1 Å². The minimum Gasteiger partial charge on any atom is -0.268 e. The van der Waals surface area contributed by atoms with Crippen molar-refractivity contribution in [2.75, 3.05) is 4.90 Å². The SMILES string of the molecule is O=C1c2c(Cl)c(Cl)c(Cl)c(Cl)c2C(=O)N1c1cccc([N+](=O)[O-])c1. The Balaban J connectivity index is 2.22. The Morgan fingerprint density at radius 2 is 1.38 bits per heavy atom. The number of fused-ring (bicyclic) bond motifs is 1. The fraction of sp³-hybridized carbons (Fsp3) is 0. The van der Waals surface area contributed by atoms with Gasteiger partial charge in [-0.25, -0.2) is 4.90 Å². The first-order chi connectivity index (χ1) is 11.3. The Labute approximate surface area is 154 Å². The van der Waals surface area contributed by atoms with Crippen LogP contribution in [-0.4, -0.2) is 16.7 Å². The fourth-order valence-electron chi connectivity index (χ4n) is 2.33. The van der Waals surface area contributed by atoms with Crippen molar-refractivity contribution in [3.05, 3.63) is 65.6 Å². The summed E-state index contributed by atoms with van der Waals surface area (Å²) in [4.78, 5) is 36.2. The number of imide groups is 1. The second kappa shape index (κ2) is 5.89. The molecule has 2 aromatic rings. The zero-order chi connectivity index (χ0) is 17.8. The Hall–Kier alpha value is -1.86. The normalized spacial score (nSPS) is 13.4. The third-order valence-corrected chi connectivity index (χ3v) is 5.20. The maximum Gasteiger partial charge on any atom is 0.271 e. The van der Waals surface area contributed by atoms with Gasteiger partial charge in [-0.3, -0.25) is 19.7 Å². The first-order valence-corrected chi connectivity index (χ1v) is 7.76. The van der Waals surface area contributed by atoms with Gasteiger partial charge in [0.1, 0.15) is 0 Å². The summed E-state index contributed by atoms with van der Waals surface area (Å²) in [6.45, 7) is 0. The van der Waals surface area contributed by atoms with Crippen LogP contribution in [0, 0.1) is 10.1 Å². The van der Waals surface area contributed by atoms with Crippen LogP contribution in [0.4, 0.5) is 11.4 Å². The molecule has 24 heavy (non-hydrogen) atoms. The van der Waals surface area contributed by atoms with Crippen molar-refractivity contribution in [1.29, 1.82) is 0 Å². The second-order valence-electron chi connectivity index (χ2n) is 4.73. The van der Waals surface area contributed by atoms with Gasteiger partial charge in [0.15, 0.2) is 0 Å². The van der Waals surface area contributed by atoms with Gasteiger partial charge in [0, 0.05) is 12.1 Å². The molecule has 6 nitrogen and oxygen atoms in total. The van der Waals surface area contributed by atoms with Gasteiger partial charge < -0.3 is 0 Å². The van der Waals surface area contributed by atoms with E-state index in [1.807, 2.05) is 0 Å². The molecule has 0 saturated heterocycles. The number of carbonyl (C=O) groups is 2. The van der Waals surface area contributed by atoms with E-state index in [4.69, 9.17) is 46.4 Å². The third-order valence-electron chi connectivity index (χ3n) is 3.40. The topological polar surface area (TPSA) is 80.5 Å². The molecule has 0 fully saturated rings. The fourth-order valence-corrected chi connectivity index (χ4v) is 3.34. The predicted molar refractivity (Wildman–Crippen MR) is 90.7 cm³/mol. The number of carbonyl (C=O) groups excluding carboxylic acids is 2. The van der Waals surface area contributed by atoms with Gasteiger partial charge in [-0.1, -0.05) is 52.5 Å². The van der Waals surface area contributed by atoms with Crippen LogP contribution in [0.3, 0.4) is 0 Å². The Morgan fingerprint density at radius 1 is 0.875 bits per heavy atom. The number of hydrogen-bond acceptors (Lipinski definition) is 4. The molecule has 0 atom stereocenters. The van der Waals surface area contributed by atoms with Crippen LogP contribution in [0.25, 0.3) is 0 Å². The van der Waals surface area contributed by atoms with Crippen LogP contribution in [0.15, 0.2) is 24.3 Å². The molecule has 0 saturated carbocycles. The monoisotopic (exact) mass is 404 g/mol. The Morgan fingerprint density at radius 3 is 1.83 bits per heavy atom. The summed E-state index contributed by atoms with van der Waals surface area (Å²) in [6, 6.07) is 5.04. The molecule has 1 heterocycles. The van der Waals surface area contributed by atoms with Crippen molar-refractivity contribution >= 4 is 69.6 Å². The zero-order valence-electron chi connectivity index (χ0n) is 11.3. The van der Waals surface area contributed by atoms with Crippen molar-refractivity contribution in [3.63, 3.8) is 0 Å². The molecule has 122 valence electrons. The van der Waals surface area contributed by atoms with Gasteiger partial charge in [-0.15, -0.1) is 0 Å². The standard InChI is InChI=1S/C14H4Cl4N2O4/c15-9-7-8(10(16)12(18)11(9)17)14(22)19(13(7)21)5-2-1-3-6(4-5)20(23)24/h1-4H. The lowest BCUT2D eigenvalue weighted by atomic mass is 10.1. The molecule has 0 unspecified atom stereocenters. The number of nitrogens with zero attached hydrogens (tertiary/aromatic N) is 2. The minimum atomic E-state index is -0.791. The van der Waals surface area contributed by atoms with Gasteiger partial charge in [-0.2, -0.15) is 0 Å². The van der Waals surface area contributed by atoms with Crippen molar-refractivity contribution in [1.82, 2.24) is 0 Å². The van der Waals surface area contributed by atoms with Crippen LogP contribution in [0.5, 0.6) is 0 Å². The molecule has 0 N–H and O–H groups in total. The highest BCUT2D eigenvalue weighted by Crippen LogP contribution is 2.45. The number of anilines is 1. The summed E-state index contributed by atoms with van der Waals surface area (Å²) in [5.74, 6) is -1.58. The summed E-state index contributed by atoms with van der Waals surface area (Å²) < 4.78 is 0. The quantitative estimate of drug-likeness (QED) is 0.231. The van der Waals surface area contributed by atoms with Gasteiger partial charge in [0.2, 0.25) is 0 Å². The van der Waals surface area contributed by atoms with E-state index in [1.54, 1.807) is 0 Å². The lowest BCUT2D eigenvalue weighted by Crippen LogP contribution is -2.29. The lowest BCUT2D eigenvalue weighted by Gasteiger charge is -2.13. The Bertz CT molecular complexity index is 898. The highest BCUT2D eigenvalue weighted by atomic mass is 35.5. The van der Waals surface area contributed by atoms with Gasteiger partial charge in [-0.05, 0) is 6.07 Å². The number of hydrogen-bond donors (Lipinski definition) is 0. The first-order valence-electron chi connectivity index (χ1n) is 6.25. The van der Waals surface area contributed by atoms with Gasteiger partial charge in [0.25, 0.3) is 17.5 Å². The number of halogens is 4. The third kappa shape index (κ3) is 2.34. The smallest absolute Gasteiger partial charge is 0.268 e. The van der Waals surface area contributed by atoms with Crippen molar-refractivity contribution in [2.45, 2.75) is 0 Å². The lowest BCUT2D eigenvalue weighted by molar-refractivity contribution is -0.384. The summed E-state index contributed by atoms with van der Waals surface area (Å²) in [5, 5.41) is 10.2. The second-order valence-corrected chi connectivity index (χ2v) is 6.24. The number of non-ortho nitro benzene ring substituents is 1. The van der Waals surface area contributed by atoms with Crippen LogP contribution >= 0.6 is 46.4 Å². The van der Waals surface area contributed by atoms with Crippen LogP contribution < -0.4 is 4.90 Å². The molecule has 2 amide bonds. The van der Waals surface area contributed by atoms with Gasteiger partial charge >= 0.3 is 0 Å². The molecular weight excluding hydrogens is 402 g/mol. The van der Waals surface area contributed by atoms with Crippen molar-refractivity contribution < 1.29 is 14.5 Å². The van der Waals surface area contributed by atoms with E-state index in [-0.39, 0.29) is 42.6 Å². The number of nitro benzene ring substituents is 1. The predicted octanol–water partition coefficient (Wildman–Crippen LogP) is 5.01. The first kappa shape index (κ1) is 17.0. The van der Waals surface area contributed by atoms with Crippen LogP contribution in [-0.2, 0) is 0 Å². The maximum absolute atomic E-state index is 12.6. The molecule has 0 aliphatic carbocycles. The summed E-state index contributed by atoms with van der Waals surface area (Å²) in [6.07, 6.45) is 0. The highest BCUT2D eigenvalue weighted by Gasteiger charge is 2.42. The summed E-state index contributed by atoms with van der Waals surface area (Å²) in [7, 11) is 0. The average molecular weight is 406 g/mol. The number of benzene rings is 2. The molecule has 2 aromatic carbocycles.